The summed E-state index contributed by atoms with van der Waals surface area (Å²) in [5.74, 6) is 0.921. The Balaban J connectivity index is 2.38. The van der Waals surface area contributed by atoms with Crippen molar-refractivity contribution in [1.29, 1.82) is 0 Å². The zero-order valence-corrected chi connectivity index (χ0v) is 10.2. The van der Waals surface area contributed by atoms with Gasteiger partial charge < -0.3 is 15.4 Å². The van der Waals surface area contributed by atoms with Gasteiger partial charge in [0.25, 0.3) is 0 Å². The molecule has 1 saturated heterocycles. The standard InChI is InChI=1S/C13H20N2O/c1-13(2)12(14)8-9-15(13)10-6-4-5-7-11(10)16-3/h4-7,12H,8-9,14H2,1-3H3. The van der Waals surface area contributed by atoms with E-state index in [-0.39, 0.29) is 11.6 Å². The average Bonchev–Trinajstić information content (AvgIpc) is 2.54. The van der Waals surface area contributed by atoms with E-state index in [1.54, 1.807) is 7.11 Å². The van der Waals surface area contributed by atoms with Crippen LogP contribution in [0.2, 0.25) is 0 Å². The molecule has 16 heavy (non-hydrogen) atoms. The van der Waals surface area contributed by atoms with Crippen LogP contribution < -0.4 is 15.4 Å². The van der Waals surface area contributed by atoms with Crippen LogP contribution in [0.5, 0.6) is 5.75 Å². The van der Waals surface area contributed by atoms with Gasteiger partial charge in [0, 0.05) is 18.1 Å². The van der Waals surface area contributed by atoms with E-state index < -0.39 is 0 Å². The van der Waals surface area contributed by atoms with Gasteiger partial charge >= 0.3 is 0 Å². The highest BCUT2D eigenvalue weighted by atomic mass is 16.5. The minimum atomic E-state index is -0.00532. The Bertz CT molecular complexity index is 376. The molecule has 0 bridgehead atoms. The van der Waals surface area contributed by atoms with Crippen molar-refractivity contribution in [1.82, 2.24) is 0 Å². The van der Waals surface area contributed by atoms with Crippen LogP contribution in [0.1, 0.15) is 20.3 Å². The molecule has 1 unspecified atom stereocenters. The Hall–Kier alpha value is -1.22. The molecule has 1 heterocycles. The van der Waals surface area contributed by atoms with Crippen LogP contribution in [-0.2, 0) is 0 Å². The Morgan fingerprint density at radius 3 is 2.62 bits per heavy atom. The molecule has 0 saturated carbocycles. The number of para-hydroxylation sites is 2. The molecular formula is C13H20N2O. The number of nitrogens with two attached hydrogens (primary N) is 1. The van der Waals surface area contributed by atoms with Gasteiger partial charge in [-0.05, 0) is 32.4 Å². The molecule has 0 aromatic heterocycles. The van der Waals surface area contributed by atoms with Gasteiger partial charge in [-0.1, -0.05) is 12.1 Å². The van der Waals surface area contributed by atoms with Crippen LogP contribution in [0.15, 0.2) is 24.3 Å². The van der Waals surface area contributed by atoms with E-state index in [1.807, 2.05) is 18.2 Å². The normalized spacial score (nSPS) is 23.5. The van der Waals surface area contributed by atoms with Crippen LogP contribution in [0.4, 0.5) is 5.69 Å². The second-order valence-electron chi connectivity index (χ2n) is 4.87. The van der Waals surface area contributed by atoms with Crippen LogP contribution in [0, 0.1) is 0 Å². The number of rotatable bonds is 2. The molecule has 3 nitrogen and oxygen atoms in total. The SMILES string of the molecule is COc1ccccc1N1CCC(N)C1(C)C. The lowest BCUT2D eigenvalue weighted by Crippen LogP contribution is -2.49. The molecule has 1 aliphatic heterocycles. The van der Waals surface area contributed by atoms with Crippen molar-refractivity contribution in [3.8, 4) is 5.75 Å². The highest BCUT2D eigenvalue weighted by molar-refractivity contribution is 5.61. The van der Waals surface area contributed by atoms with Crippen molar-refractivity contribution < 1.29 is 4.74 Å². The molecule has 2 rings (SSSR count). The highest BCUT2D eigenvalue weighted by Gasteiger charge is 2.39. The first-order valence-electron chi connectivity index (χ1n) is 5.73. The summed E-state index contributed by atoms with van der Waals surface area (Å²) >= 11 is 0. The molecule has 0 amide bonds. The molecule has 0 aliphatic carbocycles. The van der Waals surface area contributed by atoms with Gasteiger partial charge in [0.2, 0.25) is 0 Å². The lowest BCUT2D eigenvalue weighted by atomic mass is 9.96. The van der Waals surface area contributed by atoms with Gasteiger partial charge in [0.1, 0.15) is 5.75 Å². The molecule has 0 spiro atoms. The molecule has 88 valence electrons. The van der Waals surface area contributed by atoms with E-state index in [9.17, 15) is 0 Å². The van der Waals surface area contributed by atoms with Crippen molar-refractivity contribution >= 4 is 5.69 Å². The fourth-order valence-corrected chi connectivity index (χ4v) is 2.39. The van der Waals surface area contributed by atoms with E-state index in [4.69, 9.17) is 10.5 Å². The monoisotopic (exact) mass is 220 g/mol. The number of hydrogen-bond donors (Lipinski definition) is 1. The maximum atomic E-state index is 6.15. The Morgan fingerprint density at radius 2 is 2.06 bits per heavy atom. The minimum Gasteiger partial charge on any atom is -0.495 e. The third-order valence-electron chi connectivity index (χ3n) is 3.64. The van der Waals surface area contributed by atoms with Gasteiger partial charge in [-0.2, -0.15) is 0 Å². The predicted octanol–water partition coefficient (Wildman–Crippen LogP) is 2.01. The Labute approximate surface area is 97.2 Å². The predicted molar refractivity (Wildman–Crippen MR) is 67.0 cm³/mol. The zero-order chi connectivity index (χ0) is 11.8. The molecule has 1 atom stereocenters. The number of benzene rings is 1. The van der Waals surface area contributed by atoms with Crippen molar-refractivity contribution in [2.45, 2.75) is 31.8 Å². The summed E-state index contributed by atoms with van der Waals surface area (Å²) in [7, 11) is 1.71. The molecule has 1 aliphatic rings. The van der Waals surface area contributed by atoms with Crippen LogP contribution in [0.25, 0.3) is 0 Å². The fraction of sp³-hybridized carbons (Fsp3) is 0.538. The topological polar surface area (TPSA) is 38.5 Å². The molecule has 1 aromatic rings. The first-order valence-corrected chi connectivity index (χ1v) is 5.73. The van der Waals surface area contributed by atoms with Crippen LogP contribution in [-0.4, -0.2) is 25.2 Å². The third kappa shape index (κ3) is 1.65. The maximum absolute atomic E-state index is 6.15. The first kappa shape index (κ1) is 11.3. The summed E-state index contributed by atoms with van der Waals surface area (Å²) in [4.78, 5) is 2.34. The van der Waals surface area contributed by atoms with Crippen molar-refractivity contribution in [3.05, 3.63) is 24.3 Å². The number of ether oxygens (including phenoxy) is 1. The van der Waals surface area contributed by atoms with Crippen molar-refractivity contribution in [2.75, 3.05) is 18.6 Å². The van der Waals surface area contributed by atoms with Gasteiger partial charge in [-0.15, -0.1) is 0 Å². The smallest absolute Gasteiger partial charge is 0.142 e. The molecule has 1 aromatic carbocycles. The van der Waals surface area contributed by atoms with E-state index in [0.717, 1.165) is 24.4 Å². The van der Waals surface area contributed by atoms with Gasteiger partial charge in [-0.3, -0.25) is 0 Å². The highest BCUT2D eigenvalue weighted by Crippen LogP contribution is 2.37. The van der Waals surface area contributed by atoms with E-state index in [1.165, 1.54) is 0 Å². The van der Waals surface area contributed by atoms with E-state index >= 15 is 0 Å². The fourth-order valence-electron chi connectivity index (χ4n) is 2.39. The molecule has 0 radical (unpaired) electrons. The number of methoxy groups -OCH3 is 1. The van der Waals surface area contributed by atoms with Crippen LogP contribution >= 0.6 is 0 Å². The zero-order valence-electron chi connectivity index (χ0n) is 10.2. The van der Waals surface area contributed by atoms with Gasteiger partial charge in [0.15, 0.2) is 0 Å². The largest absolute Gasteiger partial charge is 0.495 e. The lowest BCUT2D eigenvalue weighted by Gasteiger charge is -2.36. The van der Waals surface area contributed by atoms with E-state index in [0.29, 0.717) is 0 Å². The second kappa shape index (κ2) is 3.98. The Morgan fingerprint density at radius 1 is 1.38 bits per heavy atom. The maximum Gasteiger partial charge on any atom is 0.142 e. The minimum absolute atomic E-state index is 0.00532. The lowest BCUT2D eigenvalue weighted by molar-refractivity contribution is 0.405. The first-order chi connectivity index (χ1) is 7.57. The molecule has 3 heteroatoms. The quantitative estimate of drug-likeness (QED) is 0.828. The van der Waals surface area contributed by atoms with Gasteiger partial charge in [0.05, 0.1) is 12.8 Å². The summed E-state index contributed by atoms with van der Waals surface area (Å²) < 4.78 is 5.40. The van der Waals surface area contributed by atoms with Crippen molar-refractivity contribution in [2.24, 2.45) is 5.73 Å². The average molecular weight is 220 g/mol. The van der Waals surface area contributed by atoms with E-state index in [2.05, 4.69) is 24.8 Å². The summed E-state index contributed by atoms with van der Waals surface area (Å²) in [5.41, 5.74) is 7.29. The summed E-state index contributed by atoms with van der Waals surface area (Å²) in [6.07, 6.45) is 1.03. The summed E-state index contributed by atoms with van der Waals surface area (Å²) in [6.45, 7) is 5.38. The molecule has 2 N–H and O–H groups in total. The number of hydrogen-bond acceptors (Lipinski definition) is 3. The summed E-state index contributed by atoms with van der Waals surface area (Å²) in [6, 6.07) is 8.34. The second-order valence-corrected chi connectivity index (χ2v) is 4.87. The van der Waals surface area contributed by atoms with Crippen molar-refractivity contribution in [3.63, 3.8) is 0 Å². The number of nitrogens with zero attached hydrogens (tertiary/aromatic N) is 1. The van der Waals surface area contributed by atoms with Gasteiger partial charge in [-0.25, -0.2) is 0 Å². The third-order valence-corrected chi connectivity index (χ3v) is 3.64. The molecule has 1 fully saturated rings. The molecular weight excluding hydrogens is 200 g/mol. The Kier molecular flexibility index (Phi) is 2.80. The van der Waals surface area contributed by atoms with Crippen LogP contribution in [0.3, 0.4) is 0 Å². The number of anilines is 1. The summed E-state index contributed by atoms with van der Waals surface area (Å²) in [5, 5.41) is 0.